The molecule has 3 heterocycles. The number of carbonyl (C=O) groups excluding carboxylic acids is 2. The molecule has 2 saturated carbocycles. The first-order valence-corrected chi connectivity index (χ1v) is 16.2. The van der Waals surface area contributed by atoms with Crippen molar-refractivity contribution in [3.8, 4) is 17.1 Å². The number of hydrogen-bond acceptors (Lipinski definition) is 9. The Morgan fingerprint density at radius 2 is 1.96 bits per heavy atom. The van der Waals surface area contributed by atoms with Crippen molar-refractivity contribution in [2.75, 3.05) is 6.61 Å². The van der Waals surface area contributed by atoms with Crippen LogP contribution in [0, 0.1) is 34.4 Å². The van der Waals surface area contributed by atoms with Crippen LogP contribution < -0.4 is 10.4 Å². The number of hydrogen-bond donors (Lipinski definition) is 1. The number of halogens is 2. The number of aromatic nitrogens is 1. The van der Waals surface area contributed by atoms with Gasteiger partial charge in [0.15, 0.2) is 0 Å². The highest BCUT2D eigenvalue weighted by Crippen LogP contribution is 2.68. The summed E-state index contributed by atoms with van der Waals surface area (Å²) in [6, 6.07) is 9.08. The molecule has 8 atom stereocenters. The molecule has 6 rings (SSSR count). The van der Waals surface area contributed by atoms with Gasteiger partial charge in [-0.2, -0.15) is 0 Å². The standard InChI is InChI=1S/C35H37BrFNO8/c1-18-10-11-33(3)26(34(18,4)17-43-19(2)39)15-27(45-31(41)22-9-8-21(36)13-23(22)37)35(5)30(33)29(40)28-25(46-35)14-24(44-32(28)42)20-7-6-12-38-16-20/h6-9,12-14,16,18,26-27,29-30,40H,10-11,15,17H2,1-5H3/t18-,26?,27-,29?,30?,33-,34?,35+/m0/s1. The monoisotopic (exact) mass is 697 g/mol. The van der Waals surface area contributed by atoms with Crippen molar-refractivity contribution in [2.24, 2.45) is 28.6 Å². The number of rotatable bonds is 5. The second kappa shape index (κ2) is 11.6. The van der Waals surface area contributed by atoms with Gasteiger partial charge in [-0.15, -0.1) is 0 Å². The third kappa shape index (κ3) is 5.15. The number of aliphatic hydroxyl groups is 1. The van der Waals surface area contributed by atoms with Crippen LogP contribution in [0.2, 0.25) is 0 Å². The first kappa shape index (κ1) is 32.4. The molecule has 2 fully saturated rings. The number of ether oxygens (including phenoxy) is 3. The van der Waals surface area contributed by atoms with Crippen LogP contribution in [0.25, 0.3) is 11.3 Å². The Morgan fingerprint density at radius 1 is 1.20 bits per heavy atom. The highest BCUT2D eigenvalue weighted by Gasteiger charge is 2.70. The summed E-state index contributed by atoms with van der Waals surface area (Å²) in [5, 5.41) is 12.2. The maximum Gasteiger partial charge on any atom is 0.345 e. The average Bonchev–Trinajstić information content (AvgIpc) is 2.99. The first-order chi connectivity index (χ1) is 21.7. The lowest BCUT2D eigenvalue weighted by Crippen LogP contribution is -2.70. The number of fused-ring (bicyclic) bond motifs is 4. The smallest absolute Gasteiger partial charge is 0.345 e. The fourth-order valence-corrected chi connectivity index (χ4v) is 8.88. The maximum absolute atomic E-state index is 15.0. The summed E-state index contributed by atoms with van der Waals surface area (Å²) >= 11 is 3.22. The van der Waals surface area contributed by atoms with Crippen molar-refractivity contribution in [1.82, 2.24) is 4.98 Å². The van der Waals surface area contributed by atoms with E-state index in [4.69, 9.17) is 18.6 Å². The number of benzene rings is 1. The van der Waals surface area contributed by atoms with E-state index in [-0.39, 0.29) is 47.5 Å². The molecular formula is C35H37BrFNO8. The Hall–Kier alpha value is -3.57. The Labute approximate surface area is 274 Å². The zero-order chi connectivity index (χ0) is 33.2. The molecule has 0 amide bonds. The third-order valence-corrected chi connectivity index (χ3v) is 11.6. The molecule has 1 N–H and O–H groups in total. The summed E-state index contributed by atoms with van der Waals surface area (Å²) in [5.74, 6) is -2.62. The maximum atomic E-state index is 15.0. The van der Waals surface area contributed by atoms with E-state index in [1.165, 1.54) is 19.1 Å². The van der Waals surface area contributed by atoms with Crippen molar-refractivity contribution >= 4 is 27.9 Å². The van der Waals surface area contributed by atoms with Crippen molar-refractivity contribution in [1.29, 1.82) is 0 Å². The molecular weight excluding hydrogens is 661 g/mol. The fourth-order valence-electron chi connectivity index (χ4n) is 8.55. The number of carbonyl (C=O) groups is 2. The van der Waals surface area contributed by atoms with Crippen molar-refractivity contribution in [3.63, 3.8) is 0 Å². The molecule has 0 saturated heterocycles. The Bertz CT molecular complexity index is 1750. The van der Waals surface area contributed by atoms with Gasteiger partial charge in [-0.25, -0.2) is 14.0 Å². The van der Waals surface area contributed by atoms with E-state index in [1.807, 2.05) is 0 Å². The van der Waals surface area contributed by atoms with Crippen LogP contribution >= 0.6 is 15.9 Å². The van der Waals surface area contributed by atoms with Gasteiger partial charge in [0.2, 0.25) is 0 Å². The number of aliphatic hydroxyl groups excluding tert-OH is 1. The molecule has 0 bridgehead atoms. The van der Waals surface area contributed by atoms with Gasteiger partial charge in [0.25, 0.3) is 0 Å². The van der Waals surface area contributed by atoms with Crippen molar-refractivity contribution in [2.45, 2.75) is 71.7 Å². The highest BCUT2D eigenvalue weighted by molar-refractivity contribution is 9.10. The quantitative estimate of drug-likeness (QED) is 0.292. The van der Waals surface area contributed by atoms with Crippen LogP contribution in [0.15, 0.2) is 62.5 Å². The molecule has 0 spiro atoms. The van der Waals surface area contributed by atoms with E-state index in [0.29, 0.717) is 16.5 Å². The van der Waals surface area contributed by atoms with Crippen LogP contribution in [0.3, 0.4) is 0 Å². The molecule has 9 nitrogen and oxygen atoms in total. The van der Waals surface area contributed by atoms with Gasteiger partial charge in [0, 0.05) is 46.8 Å². The van der Waals surface area contributed by atoms with Crippen molar-refractivity contribution in [3.05, 3.63) is 80.6 Å². The third-order valence-electron chi connectivity index (χ3n) is 11.1. The van der Waals surface area contributed by atoms with E-state index in [2.05, 4.69) is 41.7 Å². The normalized spacial score (nSPS) is 33.1. The van der Waals surface area contributed by atoms with Gasteiger partial charge in [-0.05, 0) is 73.8 Å². The lowest BCUT2D eigenvalue weighted by Gasteiger charge is -2.66. The number of nitrogens with zero attached hydrogens (tertiary/aromatic N) is 1. The van der Waals surface area contributed by atoms with E-state index >= 15 is 0 Å². The Kier molecular flexibility index (Phi) is 8.16. The van der Waals surface area contributed by atoms with Crippen LogP contribution in [-0.2, 0) is 14.3 Å². The average molecular weight is 699 g/mol. The largest absolute Gasteiger partial charge is 0.482 e. The molecule has 2 aromatic heterocycles. The number of pyridine rings is 1. The predicted molar refractivity (Wildman–Crippen MR) is 168 cm³/mol. The molecule has 4 unspecified atom stereocenters. The zero-order valence-corrected chi connectivity index (χ0v) is 27.9. The lowest BCUT2D eigenvalue weighted by molar-refractivity contribution is -0.257. The molecule has 2 aliphatic carbocycles. The second-order valence-electron chi connectivity index (χ2n) is 13.7. The minimum absolute atomic E-state index is 0.0127. The number of esters is 2. The second-order valence-corrected chi connectivity index (χ2v) is 14.6. The van der Waals surface area contributed by atoms with Gasteiger partial charge in [-0.3, -0.25) is 9.78 Å². The van der Waals surface area contributed by atoms with Gasteiger partial charge in [-0.1, -0.05) is 36.7 Å². The van der Waals surface area contributed by atoms with Gasteiger partial charge in [0.05, 0.1) is 18.3 Å². The van der Waals surface area contributed by atoms with Crippen LogP contribution in [0.5, 0.6) is 5.75 Å². The van der Waals surface area contributed by atoms with Crippen LogP contribution in [0.1, 0.15) is 75.9 Å². The molecule has 1 aromatic carbocycles. The molecule has 46 heavy (non-hydrogen) atoms. The first-order valence-electron chi connectivity index (χ1n) is 15.4. The minimum atomic E-state index is -1.35. The molecule has 1 aliphatic heterocycles. The summed E-state index contributed by atoms with van der Waals surface area (Å²) in [6.07, 6.45) is 2.53. The Morgan fingerprint density at radius 3 is 2.63 bits per heavy atom. The molecule has 0 radical (unpaired) electrons. The predicted octanol–water partition coefficient (Wildman–Crippen LogP) is 6.66. The summed E-state index contributed by atoms with van der Waals surface area (Å²) in [5.41, 5.74) is -3.04. The molecule has 11 heteroatoms. The lowest BCUT2D eigenvalue weighted by atomic mass is 9.41. The minimum Gasteiger partial charge on any atom is -0.482 e. The van der Waals surface area contributed by atoms with Gasteiger partial charge < -0.3 is 23.7 Å². The van der Waals surface area contributed by atoms with Gasteiger partial charge >= 0.3 is 17.6 Å². The van der Waals surface area contributed by atoms with E-state index in [0.717, 1.165) is 6.42 Å². The van der Waals surface area contributed by atoms with Gasteiger partial charge in [0.1, 0.15) is 34.6 Å². The van der Waals surface area contributed by atoms with E-state index < -0.39 is 57.9 Å². The summed E-state index contributed by atoms with van der Waals surface area (Å²) in [6.45, 7) is 9.48. The summed E-state index contributed by atoms with van der Waals surface area (Å²) in [4.78, 5) is 43.3. The Balaban J connectivity index is 1.50. The topological polar surface area (TPSA) is 125 Å². The van der Waals surface area contributed by atoms with Crippen LogP contribution in [0.4, 0.5) is 4.39 Å². The molecule has 3 aromatic rings. The van der Waals surface area contributed by atoms with Crippen molar-refractivity contribution < 1.29 is 37.7 Å². The highest BCUT2D eigenvalue weighted by atomic mass is 79.9. The summed E-state index contributed by atoms with van der Waals surface area (Å²) < 4.78 is 39.7. The van der Waals surface area contributed by atoms with E-state index in [9.17, 15) is 23.9 Å². The van der Waals surface area contributed by atoms with Crippen LogP contribution in [-0.4, -0.2) is 40.3 Å². The SMILES string of the molecule is CC(=O)OCC1(C)C2C[C@H](OC(=O)c3ccc(Br)cc3F)[C@@]3(C)Oc4cc(-c5cccnc5)oc(=O)c4C(O)C3[C@@]2(C)CC[C@@H]1C. The molecule has 3 aliphatic rings. The van der Waals surface area contributed by atoms with E-state index in [1.54, 1.807) is 43.6 Å². The summed E-state index contributed by atoms with van der Waals surface area (Å²) in [7, 11) is 0. The fraction of sp³-hybridized carbons (Fsp3) is 0.486. The molecule has 244 valence electrons. The zero-order valence-electron chi connectivity index (χ0n) is 26.3.